The average molecular weight is 485 g/mol. The molecule has 2 aromatic rings. The maximum Gasteiger partial charge on any atom is 0.338 e. The maximum atomic E-state index is 13.2. The van der Waals surface area contributed by atoms with Crippen LogP contribution in [0.25, 0.3) is 0 Å². The van der Waals surface area contributed by atoms with Crippen molar-refractivity contribution in [2.45, 2.75) is 65.1 Å². The van der Waals surface area contributed by atoms with Crippen LogP contribution in [0.3, 0.4) is 0 Å². The van der Waals surface area contributed by atoms with E-state index in [1.165, 1.54) is 12.1 Å². The van der Waals surface area contributed by atoms with E-state index in [0.717, 1.165) is 44.3 Å². The number of esters is 1. The molecule has 1 aliphatic heterocycles. The summed E-state index contributed by atoms with van der Waals surface area (Å²) in [4.78, 5) is 29.2. The lowest BCUT2D eigenvalue weighted by Crippen LogP contribution is -2.58. The van der Waals surface area contributed by atoms with E-state index < -0.39 is 0 Å². The molecular weight excluding hydrogens is 447 g/mol. The van der Waals surface area contributed by atoms with Crippen LogP contribution in [-0.2, 0) is 16.1 Å². The molecule has 0 N–H and O–H groups in total. The van der Waals surface area contributed by atoms with Crippen LogP contribution in [-0.4, -0.2) is 60.1 Å². The largest absolute Gasteiger partial charge is 0.484 e. The van der Waals surface area contributed by atoms with Crippen molar-refractivity contribution >= 4 is 11.9 Å². The number of halogens is 1. The summed E-state index contributed by atoms with van der Waals surface area (Å²) in [5.41, 5.74) is 1.52. The fourth-order valence-electron chi connectivity index (χ4n) is 4.28. The normalized spacial score (nSPS) is 18.3. The summed E-state index contributed by atoms with van der Waals surface area (Å²) < 4.78 is 24.2. The highest BCUT2D eigenvalue weighted by Crippen LogP contribution is 2.19. The fraction of sp³-hybridized carbons (Fsp3) is 0.500. The Morgan fingerprint density at radius 2 is 1.66 bits per heavy atom. The number of amides is 1. The number of unbranched alkanes of at least 4 members (excludes halogenated alkanes) is 3. The molecule has 2 atom stereocenters. The van der Waals surface area contributed by atoms with Crippen molar-refractivity contribution in [1.82, 2.24) is 9.80 Å². The Morgan fingerprint density at radius 1 is 0.943 bits per heavy atom. The number of rotatable bonds is 11. The van der Waals surface area contributed by atoms with Crippen molar-refractivity contribution < 1.29 is 23.5 Å². The van der Waals surface area contributed by atoms with Crippen LogP contribution < -0.4 is 4.74 Å². The number of hydrogen-bond donors (Lipinski definition) is 0. The van der Waals surface area contributed by atoms with Gasteiger partial charge in [0.05, 0.1) is 12.2 Å². The summed E-state index contributed by atoms with van der Waals surface area (Å²) in [6.07, 6.45) is 4.22. The van der Waals surface area contributed by atoms with Gasteiger partial charge in [-0.1, -0.05) is 38.3 Å². The van der Waals surface area contributed by atoms with E-state index in [0.29, 0.717) is 24.5 Å². The van der Waals surface area contributed by atoms with Gasteiger partial charge in [0.25, 0.3) is 5.91 Å². The molecule has 0 spiro atoms. The standard InChI is InChI=1S/C28H37FN2O4/c1-4-5-6-7-16-34-28(33)24-10-14-26(15-11-24)35-20-27(32)31-18-21(2)30(17-22(31)3)19-23-8-12-25(29)13-9-23/h8-15,21-22H,4-7,16-20H2,1-3H3/t21-,22+/m1/s1. The van der Waals surface area contributed by atoms with Crippen molar-refractivity contribution in [1.29, 1.82) is 0 Å². The number of nitrogens with zero attached hydrogens (tertiary/aromatic N) is 2. The van der Waals surface area contributed by atoms with Gasteiger partial charge < -0.3 is 14.4 Å². The molecule has 6 nitrogen and oxygen atoms in total. The monoisotopic (exact) mass is 484 g/mol. The highest BCUT2D eigenvalue weighted by Gasteiger charge is 2.32. The topological polar surface area (TPSA) is 59.1 Å². The van der Waals surface area contributed by atoms with Gasteiger partial charge in [0.1, 0.15) is 11.6 Å². The van der Waals surface area contributed by atoms with Gasteiger partial charge >= 0.3 is 5.97 Å². The first kappa shape index (κ1) is 26.7. The molecule has 0 aliphatic carbocycles. The molecular formula is C28H37FN2O4. The van der Waals surface area contributed by atoms with E-state index in [1.807, 2.05) is 11.8 Å². The first-order valence-corrected chi connectivity index (χ1v) is 12.5. The summed E-state index contributed by atoms with van der Waals surface area (Å²) in [5, 5.41) is 0. The van der Waals surface area contributed by atoms with Gasteiger partial charge in [-0.15, -0.1) is 0 Å². The molecule has 1 aliphatic rings. The molecule has 0 bridgehead atoms. The molecule has 0 aromatic heterocycles. The van der Waals surface area contributed by atoms with E-state index in [-0.39, 0.29) is 36.4 Å². The summed E-state index contributed by atoms with van der Waals surface area (Å²) in [6, 6.07) is 13.5. The predicted molar refractivity (Wildman–Crippen MR) is 134 cm³/mol. The van der Waals surface area contributed by atoms with Crippen LogP contribution in [0.1, 0.15) is 62.4 Å². The van der Waals surface area contributed by atoms with Crippen LogP contribution in [0.4, 0.5) is 4.39 Å². The zero-order chi connectivity index (χ0) is 25.2. The smallest absolute Gasteiger partial charge is 0.338 e. The van der Waals surface area contributed by atoms with Gasteiger partial charge in [0.15, 0.2) is 6.61 Å². The van der Waals surface area contributed by atoms with Gasteiger partial charge in [-0.2, -0.15) is 0 Å². The second kappa shape index (κ2) is 13.2. The molecule has 1 saturated heterocycles. The first-order chi connectivity index (χ1) is 16.9. The zero-order valence-electron chi connectivity index (χ0n) is 21.0. The van der Waals surface area contributed by atoms with E-state index in [1.54, 1.807) is 36.4 Å². The van der Waals surface area contributed by atoms with Crippen LogP contribution in [0.5, 0.6) is 5.75 Å². The molecule has 1 amide bonds. The fourth-order valence-corrected chi connectivity index (χ4v) is 4.28. The minimum Gasteiger partial charge on any atom is -0.484 e. The third-order valence-corrected chi connectivity index (χ3v) is 6.42. The molecule has 1 fully saturated rings. The van der Waals surface area contributed by atoms with Gasteiger partial charge in [0.2, 0.25) is 0 Å². The van der Waals surface area contributed by atoms with Crippen LogP contribution in [0.2, 0.25) is 0 Å². The zero-order valence-corrected chi connectivity index (χ0v) is 21.0. The summed E-state index contributed by atoms with van der Waals surface area (Å²) in [5.74, 6) is -0.113. The molecule has 7 heteroatoms. The number of carbonyl (C=O) groups is 2. The Bertz CT molecular complexity index is 948. The third-order valence-electron chi connectivity index (χ3n) is 6.42. The minimum atomic E-state index is -0.342. The Kier molecular flexibility index (Phi) is 10.1. The second-order valence-corrected chi connectivity index (χ2v) is 9.31. The van der Waals surface area contributed by atoms with E-state index in [2.05, 4.69) is 18.7 Å². The van der Waals surface area contributed by atoms with Crippen molar-refractivity contribution in [2.75, 3.05) is 26.3 Å². The SMILES string of the molecule is CCCCCCOC(=O)c1ccc(OCC(=O)N2C[C@@H](C)N(Cc3ccc(F)cc3)C[C@@H]2C)cc1. The number of benzene rings is 2. The van der Waals surface area contributed by atoms with Gasteiger partial charge in [-0.25, -0.2) is 9.18 Å². The van der Waals surface area contributed by atoms with Gasteiger partial charge in [0, 0.05) is 31.7 Å². The molecule has 190 valence electrons. The third kappa shape index (κ3) is 8.06. The first-order valence-electron chi connectivity index (χ1n) is 12.5. The van der Waals surface area contributed by atoms with E-state index in [4.69, 9.17) is 9.47 Å². The molecule has 35 heavy (non-hydrogen) atoms. The van der Waals surface area contributed by atoms with E-state index in [9.17, 15) is 14.0 Å². The number of hydrogen-bond acceptors (Lipinski definition) is 5. The minimum absolute atomic E-state index is 0.0391. The molecule has 0 radical (unpaired) electrons. The maximum absolute atomic E-state index is 13.2. The lowest BCUT2D eigenvalue weighted by Gasteiger charge is -2.44. The quantitative estimate of drug-likeness (QED) is 0.330. The molecule has 1 heterocycles. The number of piperazine rings is 1. The van der Waals surface area contributed by atoms with Crippen molar-refractivity contribution in [3.63, 3.8) is 0 Å². The van der Waals surface area contributed by atoms with Crippen LogP contribution in [0.15, 0.2) is 48.5 Å². The highest BCUT2D eigenvalue weighted by atomic mass is 19.1. The lowest BCUT2D eigenvalue weighted by molar-refractivity contribution is -0.139. The Labute approximate surface area is 208 Å². The van der Waals surface area contributed by atoms with Gasteiger partial charge in [-0.05, 0) is 62.2 Å². The molecule has 0 unspecified atom stereocenters. The Hall–Kier alpha value is -2.93. The van der Waals surface area contributed by atoms with Crippen molar-refractivity contribution in [3.8, 4) is 5.75 Å². The van der Waals surface area contributed by atoms with Crippen molar-refractivity contribution in [2.24, 2.45) is 0 Å². The summed E-state index contributed by atoms with van der Waals surface area (Å²) in [6.45, 7) is 8.70. The van der Waals surface area contributed by atoms with Crippen LogP contribution >= 0.6 is 0 Å². The van der Waals surface area contributed by atoms with E-state index >= 15 is 0 Å². The lowest BCUT2D eigenvalue weighted by atomic mass is 10.1. The van der Waals surface area contributed by atoms with Crippen molar-refractivity contribution in [3.05, 3.63) is 65.5 Å². The molecule has 3 rings (SSSR count). The summed E-state index contributed by atoms with van der Waals surface area (Å²) >= 11 is 0. The summed E-state index contributed by atoms with van der Waals surface area (Å²) in [7, 11) is 0. The highest BCUT2D eigenvalue weighted by molar-refractivity contribution is 5.89. The number of ether oxygens (including phenoxy) is 2. The Morgan fingerprint density at radius 3 is 2.34 bits per heavy atom. The average Bonchev–Trinajstić information content (AvgIpc) is 2.86. The predicted octanol–water partition coefficient (Wildman–Crippen LogP) is 5.06. The molecule has 0 saturated carbocycles. The van der Waals surface area contributed by atoms with Gasteiger partial charge in [-0.3, -0.25) is 9.69 Å². The Balaban J connectivity index is 1.44. The second-order valence-electron chi connectivity index (χ2n) is 9.31. The van der Waals surface area contributed by atoms with Crippen LogP contribution in [0, 0.1) is 5.82 Å². The molecule has 2 aromatic carbocycles. The number of carbonyl (C=O) groups excluding carboxylic acids is 2.